The normalized spacial score (nSPS) is 8.17. The van der Waals surface area contributed by atoms with Gasteiger partial charge >= 0.3 is 0 Å². The largest absolute Gasteiger partial charge is 0.303 e. The molecule has 3 heteroatoms. The van der Waals surface area contributed by atoms with Crippen LogP contribution in [-0.2, 0) is 4.79 Å². The van der Waals surface area contributed by atoms with Crippen LogP contribution in [0.3, 0.4) is 0 Å². The van der Waals surface area contributed by atoms with Crippen LogP contribution in [0.1, 0.15) is 6.42 Å². The van der Waals surface area contributed by atoms with Gasteiger partial charge in [0.2, 0.25) is 0 Å². The Morgan fingerprint density at radius 3 is 2.67 bits per heavy atom. The Morgan fingerprint density at radius 1 is 1.83 bits per heavy atom. The summed E-state index contributed by atoms with van der Waals surface area (Å²) in [6.07, 6.45) is 1.51. The molecule has 0 bridgehead atoms. The lowest BCUT2D eigenvalue weighted by molar-refractivity contribution is -0.107. The number of hydrogen-bond acceptors (Lipinski definition) is 2. The summed E-state index contributed by atoms with van der Waals surface area (Å²) in [5.41, 5.74) is 0. The van der Waals surface area contributed by atoms with Crippen LogP contribution in [-0.4, -0.2) is 12.8 Å². The predicted molar refractivity (Wildman–Crippen MR) is 32.7 cm³/mol. The molecule has 0 saturated carbocycles. The van der Waals surface area contributed by atoms with E-state index < -0.39 is 0 Å². The Morgan fingerprint density at radius 2 is 2.50 bits per heavy atom. The number of hydrogen-bond donors (Lipinski definition) is 1. The van der Waals surface area contributed by atoms with Gasteiger partial charge in [-0.1, -0.05) is 0 Å². The van der Waals surface area contributed by atoms with E-state index >= 15 is 0 Å². The summed E-state index contributed by atoms with van der Waals surface area (Å²) in [5, 5.41) is 0. The van der Waals surface area contributed by atoms with Crippen molar-refractivity contribution in [3.05, 3.63) is 0 Å². The first kappa shape index (κ1) is 6.36. The molecular weight excluding hydrogens is 193 g/mol. The molecule has 2 nitrogen and oxygen atoms in total. The predicted octanol–water partition coefficient (Wildman–Crippen LogP) is 0.515. The van der Waals surface area contributed by atoms with Gasteiger partial charge in [0, 0.05) is 35.8 Å². The van der Waals surface area contributed by atoms with E-state index in [1.807, 2.05) is 22.9 Å². The van der Waals surface area contributed by atoms with Crippen LogP contribution < -0.4 is 3.53 Å². The number of aldehydes is 1. The van der Waals surface area contributed by atoms with E-state index in [1.165, 1.54) is 0 Å². The third-order valence-corrected chi connectivity index (χ3v) is 0.896. The first-order chi connectivity index (χ1) is 2.91. The zero-order chi connectivity index (χ0) is 4.83. The van der Waals surface area contributed by atoms with Crippen molar-refractivity contribution >= 4 is 29.2 Å². The van der Waals surface area contributed by atoms with Gasteiger partial charge in [-0.15, -0.1) is 0 Å². The molecule has 0 atom stereocenters. The van der Waals surface area contributed by atoms with Gasteiger partial charge in [0.25, 0.3) is 0 Å². The van der Waals surface area contributed by atoms with Crippen LogP contribution in [0.25, 0.3) is 0 Å². The quantitative estimate of drug-likeness (QED) is 0.310. The molecule has 0 aliphatic heterocycles. The molecule has 0 heterocycles. The first-order valence-corrected chi connectivity index (χ1v) is 2.77. The molecule has 6 heavy (non-hydrogen) atoms. The van der Waals surface area contributed by atoms with Crippen LogP contribution in [0.15, 0.2) is 0 Å². The number of rotatable bonds is 3. The molecular formula is C3H6INO. The maximum absolute atomic E-state index is 9.52. The van der Waals surface area contributed by atoms with Crippen LogP contribution in [0, 0.1) is 0 Å². The maximum atomic E-state index is 9.52. The lowest BCUT2D eigenvalue weighted by Crippen LogP contribution is -1.98. The van der Waals surface area contributed by atoms with E-state index in [4.69, 9.17) is 0 Å². The lowest BCUT2D eigenvalue weighted by atomic mass is 10.5. The third-order valence-electron chi connectivity index (χ3n) is 0.357. The standard InChI is InChI=1S/C3H6INO/c4-5-2-1-3-6/h3,5H,1-2H2. The monoisotopic (exact) mass is 199 g/mol. The van der Waals surface area contributed by atoms with Crippen molar-refractivity contribution in [2.24, 2.45) is 0 Å². The zero-order valence-electron chi connectivity index (χ0n) is 3.28. The van der Waals surface area contributed by atoms with Crippen LogP contribution in [0.4, 0.5) is 0 Å². The molecule has 0 aromatic rings. The second-order valence-electron chi connectivity index (χ2n) is 0.839. The topological polar surface area (TPSA) is 29.1 Å². The second kappa shape index (κ2) is 5.36. The van der Waals surface area contributed by atoms with Crippen molar-refractivity contribution in [1.29, 1.82) is 0 Å². The van der Waals surface area contributed by atoms with Crippen molar-refractivity contribution in [2.45, 2.75) is 6.42 Å². The van der Waals surface area contributed by atoms with Crippen molar-refractivity contribution in [2.75, 3.05) is 6.54 Å². The van der Waals surface area contributed by atoms with Gasteiger partial charge in [0.05, 0.1) is 0 Å². The molecule has 0 fully saturated rings. The minimum absolute atomic E-state index is 0.614. The number of halogens is 1. The Bertz CT molecular complexity index is 39.8. The molecule has 1 N–H and O–H groups in total. The molecule has 0 rings (SSSR count). The highest BCUT2D eigenvalue weighted by molar-refractivity contribution is 14.1. The summed E-state index contributed by atoms with van der Waals surface area (Å²) in [6.45, 7) is 0.782. The van der Waals surface area contributed by atoms with Gasteiger partial charge in [0.15, 0.2) is 0 Å². The fourth-order valence-corrected chi connectivity index (χ4v) is 0.425. The number of carbonyl (C=O) groups excluding carboxylic acids is 1. The summed E-state index contributed by atoms with van der Waals surface area (Å²) >= 11 is 2.00. The van der Waals surface area contributed by atoms with Crippen molar-refractivity contribution in [3.8, 4) is 0 Å². The lowest BCUT2D eigenvalue weighted by Gasteiger charge is -1.81. The van der Waals surface area contributed by atoms with Gasteiger partial charge in [-0.25, -0.2) is 0 Å². The first-order valence-electron chi connectivity index (χ1n) is 1.69. The molecule has 0 spiro atoms. The molecule has 0 aromatic heterocycles. The summed E-state index contributed by atoms with van der Waals surface area (Å²) < 4.78 is 2.81. The van der Waals surface area contributed by atoms with Gasteiger partial charge in [-0.05, 0) is 0 Å². The van der Waals surface area contributed by atoms with E-state index in [9.17, 15) is 4.79 Å². The van der Waals surface area contributed by atoms with Crippen LogP contribution in [0.5, 0.6) is 0 Å². The Kier molecular flexibility index (Phi) is 5.68. The summed E-state index contributed by atoms with van der Waals surface area (Å²) in [6, 6.07) is 0. The molecule has 0 amide bonds. The van der Waals surface area contributed by atoms with Crippen molar-refractivity contribution in [3.63, 3.8) is 0 Å². The SMILES string of the molecule is O=CCCNI. The van der Waals surface area contributed by atoms with Crippen LogP contribution >= 0.6 is 22.9 Å². The molecule has 0 saturated heterocycles. The average Bonchev–Trinajstić information content (AvgIpc) is 1.61. The Labute approximate surface area is 50.8 Å². The molecule has 0 radical (unpaired) electrons. The minimum Gasteiger partial charge on any atom is -0.303 e. The van der Waals surface area contributed by atoms with Crippen molar-refractivity contribution < 1.29 is 4.79 Å². The zero-order valence-corrected chi connectivity index (χ0v) is 5.44. The summed E-state index contributed by atoms with van der Waals surface area (Å²) in [7, 11) is 0. The molecule has 0 unspecified atom stereocenters. The summed E-state index contributed by atoms with van der Waals surface area (Å²) in [5.74, 6) is 0. The van der Waals surface area contributed by atoms with E-state index in [2.05, 4.69) is 3.53 Å². The molecule has 0 aromatic carbocycles. The van der Waals surface area contributed by atoms with Gasteiger partial charge in [0.1, 0.15) is 6.29 Å². The minimum atomic E-state index is 0.614. The third kappa shape index (κ3) is 4.36. The molecule has 36 valence electrons. The van der Waals surface area contributed by atoms with Gasteiger partial charge in [-0.2, -0.15) is 0 Å². The number of nitrogens with one attached hydrogen (secondary N) is 1. The van der Waals surface area contributed by atoms with E-state index in [0.717, 1.165) is 12.8 Å². The Balaban J connectivity index is 2.49. The fraction of sp³-hybridized carbons (Fsp3) is 0.667. The smallest absolute Gasteiger partial charge is 0.121 e. The highest BCUT2D eigenvalue weighted by Crippen LogP contribution is 1.70. The highest BCUT2D eigenvalue weighted by atomic mass is 127. The van der Waals surface area contributed by atoms with E-state index in [1.54, 1.807) is 0 Å². The van der Waals surface area contributed by atoms with Gasteiger partial charge < -0.3 is 4.79 Å². The van der Waals surface area contributed by atoms with Gasteiger partial charge in [-0.3, -0.25) is 3.53 Å². The fourth-order valence-electron chi connectivity index (χ4n) is 0.113. The highest BCUT2D eigenvalue weighted by Gasteiger charge is 1.74. The Hall–Kier alpha value is 0.360. The van der Waals surface area contributed by atoms with Crippen LogP contribution in [0.2, 0.25) is 0 Å². The number of carbonyl (C=O) groups is 1. The molecule has 0 aliphatic rings. The van der Waals surface area contributed by atoms with E-state index in [-0.39, 0.29) is 0 Å². The molecule has 0 aliphatic carbocycles. The van der Waals surface area contributed by atoms with Crippen molar-refractivity contribution in [1.82, 2.24) is 3.53 Å². The maximum Gasteiger partial charge on any atom is 0.121 e. The average molecular weight is 199 g/mol. The van der Waals surface area contributed by atoms with E-state index in [0.29, 0.717) is 6.42 Å². The summed E-state index contributed by atoms with van der Waals surface area (Å²) in [4.78, 5) is 9.52. The second-order valence-corrected chi connectivity index (χ2v) is 1.60.